The Balaban J connectivity index is 1.94. The molecular weight excluding hydrogens is 460 g/mol. The van der Waals surface area contributed by atoms with E-state index in [4.69, 9.17) is 28.8 Å². The van der Waals surface area contributed by atoms with Gasteiger partial charge in [-0.1, -0.05) is 48.9 Å². The summed E-state index contributed by atoms with van der Waals surface area (Å²) >= 11 is 6.19. The van der Waals surface area contributed by atoms with Crippen LogP contribution >= 0.6 is 11.6 Å². The maximum Gasteiger partial charge on any atom is 0.258 e. The molecule has 35 heavy (non-hydrogen) atoms. The second-order valence-corrected chi connectivity index (χ2v) is 9.98. The van der Waals surface area contributed by atoms with Crippen LogP contribution in [0.5, 0.6) is 0 Å². The number of anilines is 1. The van der Waals surface area contributed by atoms with Crippen molar-refractivity contribution < 1.29 is 4.79 Å². The van der Waals surface area contributed by atoms with Gasteiger partial charge < -0.3 is 22.1 Å². The van der Waals surface area contributed by atoms with E-state index in [1.807, 2.05) is 77.7 Å². The highest BCUT2D eigenvalue weighted by atomic mass is 35.5. The summed E-state index contributed by atoms with van der Waals surface area (Å²) in [4.78, 5) is 23.8. The van der Waals surface area contributed by atoms with Gasteiger partial charge in [-0.3, -0.25) is 4.79 Å². The van der Waals surface area contributed by atoms with E-state index in [0.717, 1.165) is 16.8 Å². The van der Waals surface area contributed by atoms with Crippen LogP contribution in [0.25, 0.3) is 0 Å². The first-order chi connectivity index (χ1) is 16.5. The third kappa shape index (κ3) is 4.72. The van der Waals surface area contributed by atoms with Crippen LogP contribution in [0.3, 0.4) is 0 Å². The lowest BCUT2D eigenvalue weighted by atomic mass is 9.65. The second-order valence-electron chi connectivity index (χ2n) is 9.54. The lowest BCUT2D eigenvalue weighted by Gasteiger charge is -2.51. The molecule has 8 heteroatoms. The first-order valence-corrected chi connectivity index (χ1v) is 11.6. The van der Waals surface area contributed by atoms with Crippen molar-refractivity contribution in [2.24, 2.45) is 27.2 Å². The van der Waals surface area contributed by atoms with Gasteiger partial charge in [0.15, 0.2) is 5.96 Å². The first-order valence-electron chi connectivity index (χ1n) is 11.3. The number of nitrogens with two attached hydrogens (primary N) is 3. The Morgan fingerprint density at radius 2 is 1.60 bits per heavy atom. The van der Waals surface area contributed by atoms with E-state index in [2.05, 4.69) is 30.8 Å². The van der Waals surface area contributed by atoms with Gasteiger partial charge in [-0.25, -0.2) is 4.99 Å². The highest BCUT2D eigenvalue weighted by Gasteiger charge is 2.48. The number of aliphatic imine (C=N–C) groups is 2. The Morgan fingerprint density at radius 3 is 2.23 bits per heavy atom. The fourth-order valence-electron chi connectivity index (χ4n) is 5.06. The Kier molecular flexibility index (Phi) is 6.30. The molecule has 3 aromatic rings. The molecule has 180 valence electrons. The minimum absolute atomic E-state index is 0.0495. The van der Waals surface area contributed by atoms with Crippen molar-refractivity contribution in [3.05, 3.63) is 94.5 Å². The van der Waals surface area contributed by atoms with E-state index < -0.39 is 11.0 Å². The lowest BCUT2D eigenvalue weighted by Crippen LogP contribution is -2.55. The van der Waals surface area contributed by atoms with E-state index >= 15 is 0 Å². The zero-order valence-electron chi connectivity index (χ0n) is 20.0. The molecule has 1 aliphatic rings. The number of halogens is 1. The van der Waals surface area contributed by atoms with Crippen molar-refractivity contribution in [3.8, 4) is 0 Å². The number of hydrogen-bond donors (Lipinski definition) is 3. The fourth-order valence-corrected chi connectivity index (χ4v) is 5.18. The number of guanidine groups is 2. The molecule has 0 saturated carbocycles. The topological polar surface area (TPSA) is 123 Å². The molecule has 0 aliphatic carbocycles. The quantitative estimate of drug-likeness (QED) is 0.365. The Hall–Kier alpha value is -3.84. The van der Waals surface area contributed by atoms with Crippen LogP contribution < -0.4 is 22.1 Å². The summed E-state index contributed by atoms with van der Waals surface area (Å²) in [5.74, 6) is -0.283. The number of nitrogens with zero attached hydrogens (tertiary/aromatic N) is 3. The summed E-state index contributed by atoms with van der Waals surface area (Å²) in [5.41, 5.74) is 19.9. The fraction of sp³-hybridized carbons (Fsp3) is 0.222. The Morgan fingerprint density at radius 1 is 0.943 bits per heavy atom. The van der Waals surface area contributed by atoms with Gasteiger partial charge in [0.05, 0.1) is 5.69 Å². The number of carbonyl (C=O) groups excluding carboxylic acids is 1. The Labute approximate surface area is 210 Å². The van der Waals surface area contributed by atoms with Crippen molar-refractivity contribution in [1.29, 1.82) is 0 Å². The van der Waals surface area contributed by atoms with Crippen molar-refractivity contribution >= 4 is 40.8 Å². The molecule has 0 aromatic heterocycles. The van der Waals surface area contributed by atoms with Gasteiger partial charge in [0.1, 0.15) is 0 Å². The van der Waals surface area contributed by atoms with Gasteiger partial charge in [-0.15, -0.1) is 0 Å². The molecule has 0 radical (unpaired) electrons. The molecule has 7 nitrogen and oxygen atoms in total. The standard InChI is InChI=1S/C27H29ClN6O/c1-26(2)16-27(3,18-9-11-19(28)12-10-18)21-15-20(32-25(31)33-24(29)30)13-14-22(21)34(26)23(35)17-7-5-4-6-8-17/h4-15H,16H2,1-3H3,(H6,29,30,31,32,33). The summed E-state index contributed by atoms with van der Waals surface area (Å²) < 4.78 is 0. The smallest absolute Gasteiger partial charge is 0.258 e. The summed E-state index contributed by atoms with van der Waals surface area (Å²) in [6.45, 7) is 6.36. The van der Waals surface area contributed by atoms with E-state index in [1.54, 1.807) is 0 Å². The van der Waals surface area contributed by atoms with Gasteiger partial charge in [0.2, 0.25) is 5.96 Å². The highest BCUT2D eigenvalue weighted by Crippen LogP contribution is 2.51. The first kappa shape index (κ1) is 24.3. The maximum absolute atomic E-state index is 13.8. The molecule has 1 atom stereocenters. The summed E-state index contributed by atoms with van der Waals surface area (Å²) in [5, 5.41) is 0.664. The van der Waals surface area contributed by atoms with Crippen LogP contribution in [0.1, 0.15) is 48.7 Å². The molecule has 0 saturated heterocycles. The summed E-state index contributed by atoms with van der Waals surface area (Å²) in [6, 6.07) is 22.8. The van der Waals surface area contributed by atoms with Crippen molar-refractivity contribution in [1.82, 2.24) is 0 Å². The molecule has 1 heterocycles. The van der Waals surface area contributed by atoms with Gasteiger partial charge in [-0.05, 0) is 73.9 Å². The molecule has 4 rings (SSSR count). The average Bonchev–Trinajstić information content (AvgIpc) is 2.79. The number of rotatable bonds is 3. The van der Waals surface area contributed by atoms with Crippen molar-refractivity contribution in [3.63, 3.8) is 0 Å². The van der Waals surface area contributed by atoms with E-state index in [-0.39, 0.29) is 17.8 Å². The predicted molar refractivity (Wildman–Crippen MR) is 143 cm³/mol. The Bertz CT molecular complexity index is 1310. The normalized spacial score (nSPS) is 19.1. The van der Waals surface area contributed by atoms with Crippen LogP contribution in [-0.2, 0) is 5.41 Å². The number of hydrogen-bond acceptors (Lipinski definition) is 2. The summed E-state index contributed by atoms with van der Waals surface area (Å²) in [6.07, 6.45) is 0.670. The van der Waals surface area contributed by atoms with Gasteiger partial charge >= 0.3 is 0 Å². The van der Waals surface area contributed by atoms with Crippen molar-refractivity contribution in [2.75, 3.05) is 4.90 Å². The molecule has 0 spiro atoms. The third-order valence-corrected chi connectivity index (χ3v) is 6.65. The zero-order chi connectivity index (χ0) is 25.4. The molecule has 6 N–H and O–H groups in total. The predicted octanol–water partition coefficient (Wildman–Crippen LogP) is 4.69. The van der Waals surface area contributed by atoms with Gasteiger partial charge in [0, 0.05) is 27.2 Å². The van der Waals surface area contributed by atoms with Crippen LogP contribution in [0.4, 0.5) is 11.4 Å². The molecular formula is C27H29ClN6O. The average molecular weight is 489 g/mol. The van der Waals surface area contributed by atoms with Crippen LogP contribution in [0, 0.1) is 0 Å². The zero-order valence-corrected chi connectivity index (χ0v) is 20.8. The number of amides is 1. The second kappa shape index (κ2) is 9.07. The van der Waals surface area contributed by atoms with Crippen LogP contribution in [0.15, 0.2) is 82.8 Å². The lowest BCUT2D eigenvalue weighted by molar-refractivity contribution is 0.0948. The van der Waals surface area contributed by atoms with E-state index in [9.17, 15) is 4.79 Å². The van der Waals surface area contributed by atoms with E-state index in [0.29, 0.717) is 22.7 Å². The third-order valence-electron chi connectivity index (χ3n) is 6.40. The molecule has 1 amide bonds. The molecule has 1 aliphatic heterocycles. The highest BCUT2D eigenvalue weighted by molar-refractivity contribution is 6.30. The summed E-state index contributed by atoms with van der Waals surface area (Å²) in [7, 11) is 0. The van der Waals surface area contributed by atoms with E-state index in [1.165, 1.54) is 0 Å². The van der Waals surface area contributed by atoms with Gasteiger partial charge in [-0.2, -0.15) is 4.99 Å². The number of carbonyl (C=O) groups is 1. The van der Waals surface area contributed by atoms with Gasteiger partial charge in [0.25, 0.3) is 5.91 Å². The number of benzene rings is 3. The van der Waals surface area contributed by atoms with Crippen LogP contribution in [0.2, 0.25) is 5.02 Å². The number of fused-ring (bicyclic) bond motifs is 1. The largest absolute Gasteiger partial charge is 0.370 e. The minimum atomic E-state index is -0.490. The van der Waals surface area contributed by atoms with Crippen LogP contribution in [-0.4, -0.2) is 23.4 Å². The van der Waals surface area contributed by atoms with Crippen molar-refractivity contribution in [2.45, 2.75) is 38.1 Å². The molecule has 0 fully saturated rings. The molecule has 0 bridgehead atoms. The monoisotopic (exact) mass is 488 g/mol. The molecule has 3 aromatic carbocycles. The SMILES string of the molecule is CC1(c2ccc(Cl)cc2)CC(C)(C)N(C(=O)c2ccccc2)c2ccc(N=C(N)N=C(N)N)cc21. The maximum atomic E-state index is 13.8. The minimum Gasteiger partial charge on any atom is -0.370 e. The molecule has 1 unspecified atom stereocenters.